The second-order valence-corrected chi connectivity index (χ2v) is 11.2. The van der Waals surface area contributed by atoms with Crippen LogP contribution in [0.25, 0.3) is 0 Å². The second kappa shape index (κ2) is 12.1. The van der Waals surface area contributed by atoms with Gasteiger partial charge in [-0.15, -0.1) is 0 Å². The molecule has 0 saturated carbocycles. The van der Waals surface area contributed by atoms with E-state index in [0.29, 0.717) is 33.5 Å². The number of carbonyl (C=O) groups excluding carboxylic acids is 1. The highest BCUT2D eigenvalue weighted by Gasteiger charge is 2.25. The van der Waals surface area contributed by atoms with Gasteiger partial charge >= 0.3 is 0 Å². The second-order valence-electron chi connectivity index (χ2n) is 8.87. The molecule has 40 heavy (non-hydrogen) atoms. The molecular weight excluding hydrogens is 544 g/mol. The third kappa shape index (κ3) is 6.34. The minimum atomic E-state index is -3.83. The first-order valence-corrected chi connectivity index (χ1v) is 14.3. The van der Waals surface area contributed by atoms with Crippen molar-refractivity contribution in [2.45, 2.75) is 11.4 Å². The summed E-state index contributed by atoms with van der Waals surface area (Å²) in [5.74, 6) is 0.715. The standard InChI is InChI=1S/C32H25ClN2O4S/c33-26-20-21-31(39-28-12-6-2-7-13-28)30(22-26)34-32(36)25-18-16-24(17-19-25)23-35(27-10-4-1-5-11-27)40(37,38)29-14-8-3-9-15-29/h1-22H,23H2,(H,34,36). The molecule has 0 saturated heterocycles. The zero-order valence-electron chi connectivity index (χ0n) is 21.3. The van der Waals surface area contributed by atoms with Crippen molar-refractivity contribution in [2.24, 2.45) is 0 Å². The summed E-state index contributed by atoms with van der Waals surface area (Å²) in [6, 6.07) is 38.3. The normalized spacial score (nSPS) is 11.0. The van der Waals surface area contributed by atoms with Crippen molar-refractivity contribution in [1.29, 1.82) is 0 Å². The van der Waals surface area contributed by atoms with Gasteiger partial charge < -0.3 is 10.1 Å². The number of halogens is 1. The molecule has 0 radical (unpaired) electrons. The predicted molar refractivity (Wildman–Crippen MR) is 159 cm³/mol. The molecule has 0 aliphatic rings. The summed E-state index contributed by atoms with van der Waals surface area (Å²) in [6.45, 7) is 0.0898. The van der Waals surface area contributed by atoms with Gasteiger partial charge in [-0.05, 0) is 72.3 Å². The first-order valence-electron chi connectivity index (χ1n) is 12.5. The van der Waals surface area contributed by atoms with Gasteiger partial charge in [0.2, 0.25) is 0 Å². The summed E-state index contributed by atoms with van der Waals surface area (Å²) < 4.78 is 34.4. The van der Waals surface area contributed by atoms with Crippen molar-refractivity contribution < 1.29 is 17.9 Å². The van der Waals surface area contributed by atoms with Crippen LogP contribution < -0.4 is 14.4 Å². The van der Waals surface area contributed by atoms with Gasteiger partial charge in [-0.2, -0.15) is 0 Å². The Kier molecular flexibility index (Phi) is 8.15. The van der Waals surface area contributed by atoms with Gasteiger partial charge in [-0.3, -0.25) is 9.10 Å². The van der Waals surface area contributed by atoms with Crippen molar-refractivity contribution in [3.63, 3.8) is 0 Å². The van der Waals surface area contributed by atoms with Crippen LogP contribution >= 0.6 is 11.6 Å². The Morgan fingerprint density at radius 1 is 0.750 bits per heavy atom. The molecule has 200 valence electrons. The number of sulfonamides is 1. The van der Waals surface area contributed by atoms with Crippen molar-refractivity contribution in [1.82, 2.24) is 0 Å². The molecule has 1 N–H and O–H groups in total. The molecule has 0 aromatic heterocycles. The molecule has 0 aliphatic carbocycles. The Labute approximate surface area is 238 Å². The molecule has 0 unspecified atom stereocenters. The van der Waals surface area contributed by atoms with E-state index in [2.05, 4.69) is 5.32 Å². The van der Waals surface area contributed by atoms with Gasteiger partial charge in [0.25, 0.3) is 15.9 Å². The zero-order valence-corrected chi connectivity index (χ0v) is 22.8. The minimum absolute atomic E-state index is 0.0898. The van der Waals surface area contributed by atoms with Crippen LogP contribution in [-0.2, 0) is 16.6 Å². The van der Waals surface area contributed by atoms with E-state index >= 15 is 0 Å². The molecule has 0 atom stereocenters. The lowest BCUT2D eigenvalue weighted by Crippen LogP contribution is -2.30. The molecule has 1 amide bonds. The van der Waals surface area contributed by atoms with E-state index < -0.39 is 10.0 Å². The molecule has 6 nitrogen and oxygen atoms in total. The third-order valence-corrected chi connectivity index (χ3v) is 8.10. The molecule has 0 aliphatic heterocycles. The first-order chi connectivity index (χ1) is 19.4. The van der Waals surface area contributed by atoms with Crippen LogP contribution in [-0.4, -0.2) is 14.3 Å². The Morgan fingerprint density at radius 3 is 2.00 bits per heavy atom. The van der Waals surface area contributed by atoms with Crippen LogP contribution in [0, 0.1) is 0 Å². The number of para-hydroxylation sites is 2. The number of nitrogens with one attached hydrogen (secondary N) is 1. The quantitative estimate of drug-likeness (QED) is 0.197. The maximum atomic E-state index is 13.5. The largest absolute Gasteiger partial charge is 0.455 e. The van der Waals surface area contributed by atoms with E-state index in [4.69, 9.17) is 16.3 Å². The number of ether oxygens (including phenoxy) is 1. The fraction of sp³-hybridized carbons (Fsp3) is 0.0312. The van der Waals surface area contributed by atoms with E-state index in [1.165, 1.54) is 4.31 Å². The summed E-state index contributed by atoms with van der Waals surface area (Å²) in [5, 5.41) is 3.32. The Hall–Kier alpha value is -4.59. The molecule has 0 bridgehead atoms. The van der Waals surface area contributed by atoms with Crippen LogP contribution in [0.1, 0.15) is 15.9 Å². The Balaban J connectivity index is 1.36. The smallest absolute Gasteiger partial charge is 0.264 e. The Morgan fingerprint density at radius 2 is 1.35 bits per heavy atom. The number of carbonyl (C=O) groups is 1. The van der Waals surface area contributed by atoms with E-state index in [-0.39, 0.29) is 17.3 Å². The van der Waals surface area contributed by atoms with Gasteiger partial charge in [0.05, 0.1) is 22.8 Å². The zero-order chi connectivity index (χ0) is 28.0. The highest BCUT2D eigenvalue weighted by atomic mass is 35.5. The number of nitrogens with zero attached hydrogens (tertiary/aromatic N) is 1. The van der Waals surface area contributed by atoms with Crippen molar-refractivity contribution in [3.05, 3.63) is 150 Å². The van der Waals surface area contributed by atoms with Gasteiger partial charge in [0.15, 0.2) is 5.75 Å². The Bertz CT molecular complexity index is 1700. The molecule has 5 aromatic carbocycles. The SMILES string of the molecule is O=C(Nc1cc(Cl)ccc1Oc1ccccc1)c1ccc(CN(c2ccccc2)S(=O)(=O)c2ccccc2)cc1. The van der Waals surface area contributed by atoms with Crippen LogP contribution in [0.4, 0.5) is 11.4 Å². The summed E-state index contributed by atoms with van der Waals surface area (Å²) in [5.41, 5.74) is 2.08. The van der Waals surface area contributed by atoms with Gasteiger partial charge in [-0.1, -0.05) is 78.3 Å². The first kappa shape index (κ1) is 27.0. The molecule has 5 rings (SSSR count). The van der Waals surface area contributed by atoms with Crippen LogP contribution in [0.5, 0.6) is 11.5 Å². The molecule has 5 aromatic rings. The summed E-state index contributed by atoms with van der Waals surface area (Å²) in [6.07, 6.45) is 0. The van der Waals surface area contributed by atoms with Gasteiger partial charge in [-0.25, -0.2) is 8.42 Å². The van der Waals surface area contributed by atoms with Crippen LogP contribution in [0.15, 0.2) is 138 Å². The molecule has 0 heterocycles. The highest BCUT2D eigenvalue weighted by Crippen LogP contribution is 2.32. The number of hydrogen-bond acceptors (Lipinski definition) is 4. The average molecular weight is 569 g/mol. The lowest BCUT2D eigenvalue weighted by atomic mass is 10.1. The lowest BCUT2D eigenvalue weighted by Gasteiger charge is -2.25. The monoisotopic (exact) mass is 568 g/mol. The van der Waals surface area contributed by atoms with E-state index in [1.807, 2.05) is 36.4 Å². The number of benzene rings is 5. The van der Waals surface area contributed by atoms with Crippen molar-refractivity contribution >= 4 is 38.9 Å². The van der Waals surface area contributed by atoms with Crippen LogP contribution in [0.2, 0.25) is 5.02 Å². The summed E-state index contributed by atoms with van der Waals surface area (Å²) >= 11 is 6.19. The summed E-state index contributed by atoms with van der Waals surface area (Å²) in [7, 11) is -3.83. The fourth-order valence-electron chi connectivity index (χ4n) is 4.06. The highest BCUT2D eigenvalue weighted by molar-refractivity contribution is 7.92. The molecule has 0 fully saturated rings. The lowest BCUT2D eigenvalue weighted by molar-refractivity contribution is 0.102. The maximum Gasteiger partial charge on any atom is 0.264 e. The average Bonchev–Trinajstić information content (AvgIpc) is 2.99. The van der Waals surface area contributed by atoms with Crippen molar-refractivity contribution in [2.75, 3.05) is 9.62 Å². The van der Waals surface area contributed by atoms with E-state index in [9.17, 15) is 13.2 Å². The topological polar surface area (TPSA) is 75.7 Å². The van der Waals surface area contributed by atoms with E-state index in [1.54, 1.807) is 97.1 Å². The van der Waals surface area contributed by atoms with Crippen LogP contribution in [0.3, 0.4) is 0 Å². The van der Waals surface area contributed by atoms with Crippen molar-refractivity contribution in [3.8, 4) is 11.5 Å². The van der Waals surface area contributed by atoms with Gasteiger partial charge in [0, 0.05) is 10.6 Å². The number of hydrogen-bond donors (Lipinski definition) is 1. The minimum Gasteiger partial charge on any atom is -0.455 e. The number of anilines is 2. The third-order valence-electron chi connectivity index (χ3n) is 6.08. The fourth-order valence-corrected chi connectivity index (χ4v) is 5.70. The molecule has 8 heteroatoms. The predicted octanol–water partition coefficient (Wildman–Crippen LogP) is 7.78. The number of rotatable bonds is 9. The maximum absolute atomic E-state index is 13.5. The number of amides is 1. The molecular formula is C32H25ClN2O4S. The van der Waals surface area contributed by atoms with Gasteiger partial charge in [0.1, 0.15) is 5.75 Å². The molecule has 0 spiro atoms. The van der Waals surface area contributed by atoms with E-state index in [0.717, 1.165) is 5.56 Å². The summed E-state index contributed by atoms with van der Waals surface area (Å²) in [4.78, 5) is 13.3.